The smallest absolute Gasteiger partial charge is 0.278 e. The molecule has 1 amide bonds. The second-order valence-electron chi connectivity index (χ2n) is 5.22. The molecule has 1 aromatic carbocycles. The third kappa shape index (κ3) is 2.65. The number of fused-ring (bicyclic) bond motifs is 1. The summed E-state index contributed by atoms with van der Waals surface area (Å²) in [6.45, 7) is 1.97. The van der Waals surface area contributed by atoms with Crippen molar-refractivity contribution in [2.45, 2.75) is 6.92 Å². The summed E-state index contributed by atoms with van der Waals surface area (Å²) < 4.78 is 1.76. The molecule has 0 atom stereocenters. The highest BCUT2D eigenvalue weighted by Crippen LogP contribution is 2.24. The zero-order chi connectivity index (χ0) is 16.5. The number of nitrogens with zero attached hydrogens (tertiary/aromatic N) is 4. The molecule has 7 heteroatoms. The summed E-state index contributed by atoms with van der Waals surface area (Å²) in [6.07, 6.45) is 6.75. The predicted octanol–water partition coefficient (Wildman–Crippen LogP) is 3.41. The molecule has 4 aromatic rings. The van der Waals surface area contributed by atoms with Gasteiger partial charge in [-0.05, 0) is 19.1 Å². The Kier molecular flexibility index (Phi) is 3.55. The van der Waals surface area contributed by atoms with E-state index in [0.717, 1.165) is 16.3 Å². The largest absolute Gasteiger partial charge is 0.321 e. The SMILES string of the molecule is Cc1nc(-c2cccc(NC(=O)c3nccn4ccnc34)c2)cs1. The van der Waals surface area contributed by atoms with Crippen molar-refractivity contribution in [3.8, 4) is 11.3 Å². The third-order valence-electron chi connectivity index (χ3n) is 3.56. The molecular weight excluding hydrogens is 322 g/mol. The molecule has 0 fully saturated rings. The van der Waals surface area contributed by atoms with E-state index in [1.807, 2.05) is 36.6 Å². The quantitative estimate of drug-likeness (QED) is 0.623. The van der Waals surface area contributed by atoms with Crippen LogP contribution in [0.5, 0.6) is 0 Å². The van der Waals surface area contributed by atoms with Gasteiger partial charge < -0.3 is 9.72 Å². The lowest BCUT2D eigenvalue weighted by atomic mass is 10.1. The van der Waals surface area contributed by atoms with Crippen LogP contribution < -0.4 is 5.32 Å². The normalized spacial score (nSPS) is 10.9. The van der Waals surface area contributed by atoms with Crippen molar-refractivity contribution in [1.82, 2.24) is 19.4 Å². The number of nitrogens with one attached hydrogen (secondary N) is 1. The number of imidazole rings is 1. The number of aromatic nitrogens is 4. The van der Waals surface area contributed by atoms with Gasteiger partial charge in [-0.25, -0.2) is 15.0 Å². The maximum atomic E-state index is 12.5. The Morgan fingerprint density at radius 3 is 2.83 bits per heavy atom. The van der Waals surface area contributed by atoms with Crippen molar-refractivity contribution in [1.29, 1.82) is 0 Å². The number of hydrogen-bond acceptors (Lipinski definition) is 5. The Balaban J connectivity index is 1.63. The van der Waals surface area contributed by atoms with Gasteiger partial charge >= 0.3 is 0 Å². The lowest BCUT2D eigenvalue weighted by Gasteiger charge is -2.07. The Bertz CT molecular complexity index is 1040. The highest BCUT2D eigenvalue weighted by Gasteiger charge is 2.14. The van der Waals surface area contributed by atoms with E-state index in [0.29, 0.717) is 11.3 Å². The average Bonchev–Trinajstić information content (AvgIpc) is 3.23. The number of rotatable bonds is 3. The van der Waals surface area contributed by atoms with E-state index in [4.69, 9.17) is 0 Å². The van der Waals surface area contributed by atoms with E-state index in [9.17, 15) is 4.79 Å². The molecule has 0 unspecified atom stereocenters. The molecule has 0 spiro atoms. The number of benzene rings is 1. The van der Waals surface area contributed by atoms with Crippen molar-refractivity contribution in [2.75, 3.05) is 5.32 Å². The monoisotopic (exact) mass is 335 g/mol. The number of anilines is 1. The fraction of sp³-hybridized carbons (Fsp3) is 0.0588. The maximum Gasteiger partial charge on any atom is 0.278 e. The molecule has 0 aliphatic heterocycles. The first-order chi connectivity index (χ1) is 11.7. The molecule has 24 heavy (non-hydrogen) atoms. The van der Waals surface area contributed by atoms with E-state index in [-0.39, 0.29) is 11.6 Å². The number of aryl methyl sites for hydroxylation is 1. The van der Waals surface area contributed by atoms with Gasteiger partial charge in [-0.2, -0.15) is 0 Å². The fourth-order valence-electron chi connectivity index (χ4n) is 2.46. The van der Waals surface area contributed by atoms with Gasteiger partial charge in [-0.15, -0.1) is 11.3 Å². The molecule has 0 aliphatic rings. The summed E-state index contributed by atoms with van der Waals surface area (Å²) in [4.78, 5) is 25.3. The standard InChI is InChI=1S/C17H13N5OS/c1-11-20-14(10-24-11)12-3-2-4-13(9-12)21-17(23)15-16-19-6-8-22(16)7-5-18-15/h2-10H,1H3,(H,21,23). The van der Waals surface area contributed by atoms with Gasteiger partial charge in [0.2, 0.25) is 0 Å². The highest BCUT2D eigenvalue weighted by molar-refractivity contribution is 7.09. The molecule has 1 N–H and O–H groups in total. The van der Waals surface area contributed by atoms with Crippen LogP contribution in [0, 0.1) is 6.92 Å². The first-order valence-corrected chi connectivity index (χ1v) is 8.20. The van der Waals surface area contributed by atoms with Gasteiger partial charge in [0.05, 0.1) is 10.7 Å². The molecule has 6 nitrogen and oxygen atoms in total. The van der Waals surface area contributed by atoms with E-state index < -0.39 is 0 Å². The summed E-state index contributed by atoms with van der Waals surface area (Å²) in [6, 6.07) is 7.60. The van der Waals surface area contributed by atoms with Gasteiger partial charge in [-0.3, -0.25) is 4.79 Å². The number of amides is 1. The number of hydrogen-bond donors (Lipinski definition) is 1. The van der Waals surface area contributed by atoms with Crippen molar-refractivity contribution < 1.29 is 4.79 Å². The molecule has 118 valence electrons. The molecular formula is C17H13N5OS. The Hall–Kier alpha value is -3.06. The van der Waals surface area contributed by atoms with E-state index in [2.05, 4.69) is 20.3 Å². The van der Waals surface area contributed by atoms with Gasteiger partial charge in [0.1, 0.15) is 0 Å². The van der Waals surface area contributed by atoms with Crippen molar-refractivity contribution in [2.24, 2.45) is 0 Å². The first kappa shape index (κ1) is 14.5. The van der Waals surface area contributed by atoms with E-state index >= 15 is 0 Å². The van der Waals surface area contributed by atoms with Crippen molar-refractivity contribution in [3.63, 3.8) is 0 Å². The molecule has 0 saturated carbocycles. The zero-order valence-corrected chi connectivity index (χ0v) is 13.6. The summed E-state index contributed by atoms with van der Waals surface area (Å²) in [5.74, 6) is -0.293. The van der Waals surface area contributed by atoms with Gasteiger partial charge in [0, 0.05) is 41.4 Å². The fourth-order valence-corrected chi connectivity index (χ4v) is 3.08. The van der Waals surface area contributed by atoms with Crippen molar-refractivity contribution in [3.05, 3.63) is 65.1 Å². The molecule has 0 saturated heterocycles. The van der Waals surface area contributed by atoms with Crippen LogP contribution >= 0.6 is 11.3 Å². The third-order valence-corrected chi connectivity index (χ3v) is 4.34. The van der Waals surface area contributed by atoms with Crippen LogP contribution in [0.4, 0.5) is 5.69 Å². The number of carbonyl (C=O) groups excluding carboxylic acids is 1. The second kappa shape index (κ2) is 5.86. The van der Waals surface area contributed by atoms with Crippen molar-refractivity contribution >= 4 is 28.6 Å². The molecule has 0 bridgehead atoms. The Morgan fingerprint density at radius 2 is 2.04 bits per heavy atom. The second-order valence-corrected chi connectivity index (χ2v) is 6.28. The average molecular weight is 335 g/mol. The van der Waals surface area contributed by atoms with Crippen LogP contribution in [0.25, 0.3) is 16.9 Å². The summed E-state index contributed by atoms with van der Waals surface area (Å²) in [5, 5.41) is 5.89. The van der Waals surface area contributed by atoms with Crippen LogP contribution in [0.3, 0.4) is 0 Å². The molecule has 4 rings (SSSR count). The lowest BCUT2D eigenvalue weighted by molar-refractivity contribution is 0.102. The van der Waals surface area contributed by atoms with Crippen LogP contribution in [0.1, 0.15) is 15.5 Å². The van der Waals surface area contributed by atoms with Crippen LogP contribution in [-0.4, -0.2) is 25.3 Å². The molecule has 0 radical (unpaired) electrons. The van der Waals surface area contributed by atoms with Crippen LogP contribution in [0.15, 0.2) is 54.4 Å². The summed E-state index contributed by atoms with van der Waals surface area (Å²) in [7, 11) is 0. The number of carbonyl (C=O) groups is 1. The Morgan fingerprint density at radius 1 is 1.21 bits per heavy atom. The minimum absolute atomic E-state index is 0.289. The first-order valence-electron chi connectivity index (χ1n) is 7.32. The molecule has 3 heterocycles. The van der Waals surface area contributed by atoms with Gasteiger partial charge in [0.25, 0.3) is 5.91 Å². The van der Waals surface area contributed by atoms with Crippen LogP contribution in [-0.2, 0) is 0 Å². The molecule has 3 aromatic heterocycles. The lowest BCUT2D eigenvalue weighted by Crippen LogP contribution is -2.15. The van der Waals surface area contributed by atoms with E-state index in [1.54, 1.807) is 40.5 Å². The van der Waals surface area contributed by atoms with Gasteiger partial charge in [0.15, 0.2) is 11.3 Å². The van der Waals surface area contributed by atoms with Gasteiger partial charge in [-0.1, -0.05) is 12.1 Å². The van der Waals surface area contributed by atoms with E-state index in [1.165, 1.54) is 0 Å². The highest BCUT2D eigenvalue weighted by atomic mass is 32.1. The minimum atomic E-state index is -0.293. The predicted molar refractivity (Wildman–Crippen MR) is 93.2 cm³/mol. The topological polar surface area (TPSA) is 72.2 Å². The Labute approximate surface area is 141 Å². The number of thiazole rings is 1. The minimum Gasteiger partial charge on any atom is -0.321 e. The molecule has 0 aliphatic carbocycles. The van der Waals surface area contributed by atoms with Crippen LogP contribution in [0.2, 0.25) is 0 Å². The summed E-state index contributed by atoms with van der Waals surface area (Å²) >= 11 is 1.60. The summed E-state index contributed by atoms with van der Waals surface area (Å²) in [5.41, 5.74) is 3.38. The maximum absolute atomic E-state index is 12.5. The zero-order valence-electron chi connectivity index (χ0n) is 12.8.